The second-order valence-corrected chi connectivity index (χ2v) is 10.3. The predicted molar refractivity (Wildman–Crippen MR) is 118 cm³/mol. The van der Waals surface area contributed by atoms with Crippen molar-refractivity contribution >= 4 is 31.9 Å². The van der Waals surface area contributed by atoms with E-state index < -0.39 is 10.0 Å². The van der Waals surface area contributed by atoms with Crippen LogP contribution in [0.2, 0.25) is 0 Å². The Morgan fingerprint density at radius 1 is 1.10 bits per heavy atom. The van der Waals surface area contributed by atoms with Crippen LogP contribution in [0, 0.1) is 0 Å². The van der Waals surface area contributed by atoms with Gasteiger partial charge in [-0.3, -0.25) is 4.79 Å². The number of sulfonamides is 1. The molecule has 1 saturated heterocycles. The number of rotatable bonds is 7. The van der Waals surface area contributed by atoms with Gasteiger partial charge in [0.1, 0.15) is 0 Å². The van der Waals surface area contributed by atoms with Gasteiger partial charge in [-0.25, -0.2) is 8.42 Å². The molecule has 0 saturated carbocycles. The van der Waals surface area contributed by atoms with Crippen molar-refractivity contribution in [3.05, 3.63) is 64.1 Å². The summed E-state index contributed by atoms with van der Waals surface area (Å²) in [6.07, 6.45) is 3.86. The summed E-state index contributed by atoms with van der Waals surface area (Å²) in [5.74, 6) is -0.0255. The molecule has 0 bridgehead atoms. The van der Waals surface area contributed by atoms with E-state index in [1.807, 2.05) is 43.3 Å². The molecule has 0 unspecified atom stereocenters. The summed E-state index contributed by atoms with van der Waals surface area (Å²) in [6.45, 7) is 3.15. The summed E-state index contributed by atoms with van der Waals surface area (Å²) in [4.78, 5) is 12.6. The van der Waals surface area contributed by atoms with E-state index in [2.05, 4.69) is 21.2 Å². The fourth-order valence-corrected chi connectivity index (χ4v) is 5.45. The van der Waals surface area contributed by atoms with E-state index in [-0.39, 0.29) is 11.9 Å². The number of halogens is 1. The molecular weight excluding hydrogens is 452 g/mol. The quantitative estimate of drug-likeness (QED) is 0.639. The maximum absolute atomic E-state index is 12.7. The number of carbonyl (C=O) groups excluding carboxylic acids is 1. The number of piperidine rings is 1. The van der Waals surface area contributed by atoms with Crippen molar-refractivity contribution in [2.75, 3.05) is 13.1 Å². The maximum Gasteiger partial charge on any atom is 0.243 e. The standard InChI is InChI=1S/C22H27BrN2O3S/c1-17(19-6-5-7-20(23)16-19)24-22(26)13-10-18-8-11-21(12-9-18)29(27,28)25-14-3-2-4-15-25/h5-9,11-12,16-17H,2-4,10,13-15H2,1H3,(H,24,26)/t17-/m1/s1. The van der Waals surface area contributed by atoms with Crippen molar-refractivity contribution in [3.63, 3.8) is 0 Å². The number of benzene rings is 2. The molecule has 1 heterocycles. The van der Waals surface area contributed by atoms with Gasteiger partial charge >= 0.3 is 0 Å². The summed E-state index contributed by atoms with van der Waals surface area (Å²) in [6, 6.07) is 14.7. The van der Waals surface area contributed by atoms with Crippen LogP contribution < -0.4 is 5.32 Å². The van der Waals surface area contributed by atoms with E-state index in [0.29, 0.717) is 30.8 Å². The number of nitrogens with zero attached hydrogens (tertiary/aromatic N) is 1. The van der Waals surface area contributed by atoms with Crippen LogP contribution in [0.4, 0.5) is 0 Å². The molecule has 1 aliphatic heterocycles. The van der Waals surface area contributed by atoms with Crippen molar-refractivity contribution in [2.24, 2.45) is 0 Å². The molecule has 1 aliphatic rings. The van der Waals surface area contributed by atoms with Gasteiger partial charge in [0.25, 0.3) is 0 Å². The Labute approximate surface area is 181 Å². The molecule has 2 aromatic carbocycles. The molecule has 5 nitrogen and oxygen atoms in total. The van der Waals surface area contributed by atoms with Gasteiger partial charge in [0.05, 0.1) is 10.9 Å². The second kappa shape index (κ2) is 9.87. The molecular formula is C22H27BrN2O3S. The van der Waals surface area contributed by atoms with Crippen molar-refractivity contribution in [3.8, 4) is 0 Å². The predicted octanol–water partition coefficient (Wildman–Crippen LogP) is 4.43. The highest BCUT2D eigenvalue weighted by atomic mass is 79.9. The smallest absolute Gasteiger partial charge is 0.243 e. The highest BCUT2D eigenvalue weighted by Crippen LogP contribution is 2.21. The van der Waals surface area contributed by atoms with Gasteiger partial charge in [-0.1, -0.05) is 46.6 Å². The highest BCUT2D eigenvalue weighted by Gasteiger charge is 2.25. The molecule has 0 aromatic heterocycles. The first-order valence-corrected chi connectivity index (χ1v) is 12.2. The number of aryl methyl sites for hydroxylation is 1. The third-order valence-corrected chi connectivity index (χ3v) is 7.65. The molecule has 156 valence electrons. The largest absolute Gasteiger partial charge is 0.350 e. The maximum atomic E-state index is 12.7. The Morgan fingerprint density at radius 2 is 1.79 bits per heavy atom. The Balaban J connectivity index is 1.54. The highest BCUT2D eigenvalue weighted by molar-refractivity contribution is 9.10. The zero-order valence-electron chi connectivity index (χ0n) is 16.6. The molecule has 2 aromatic rings. The van der Waals surface area contributed by atoms with Crippen LogP contribution in [0.1, 0.15) is 49.8 Å². The van der Waals surface area contributed by atoms with Gasteiger partial charge in [-0.15, -0.1) is 0 Å². The first kappa shape index (κ1) is 22.0. The number of nitrogens with one attached hydrogen (secondary N) is 1. The van der Waals surface area contributed by atoms with Crippen molar-refractivity contribution in [2.45, 2.75) is 50.0 Å². The van der Waals surface area contributed by atoms with Gasteiger partial charge in [0.2, 0.25) is 15.9 Å². The van der Waals surface area contributed by atoms with E-state index in [4.69, 9.17) is 0 Å². The molecule has 1 amide bonds. The molecule has 1 N–H and O–H groups in total. The summed E-state index contributed by atoms with van der Waals surface area (Å²) in [5, 5.41) is 3.01. The van der Waals surface area contributed by atoms with E-state index >= 15 is 0 Å². The number of carbonyl (C=O) groups is 1. The zero-order chi connectivity index (χ0) is 20.9. The molecule has 1 atom stereocenters. The van der Waals surface area contributed by atoms with E-state index in [1.54, 1.807) is 16.4 Å². The SMILES string of the molecule is C[C@@H](NC(=O)CCc1ccc(S(=O)(=O)N2CCCCC2)cc1)c1cccc(Br)c1. The molecule has 0 radical (unpaired) electrons. The average Bonchev–Trinajstić information content (AvgIpc) is 2.73. The zero-order valence-corrected chi connectivity index (χ0v) is 19.0. The number of hydrogen-bond donors (Lipinski definition) is 1. The van der Waals surface area contributed by atoms with Gasteiger partial charge in [0, 0.05) is 24.0 Å². The first-order chi connectivity index (χ1) is 13.9. The molecule has 29 heavy (non-hydrogen) atoms. The van der Waals surface area contributed by atoms with Crippen LogP contribution in [0.5, 0.6) is 0 Å². The number of amides is 1. The molecule has 7 heteroatoms. The summed E-state index contributed by atoms with van der Waals surface area (Å²) in [5.41, 5.74) is 1.99. The topological polar surface area (TPSA) is 66.5 Å². The summed E-state index contributed by atoms with van der Waals surface area (Å²) >= 11 is 3.44. The normalized spacial score (nSPS) is 16.3. The van der Waals surface area contributed by atoms with Crippen molar-refractivity contribution < 1.29 is 13.2 Å². The minimum absolute atomic E-state index is 0.0255. The van der Waals surface area contributed by atoms with E-state index in [1.165, 1.54) is 0 Å². The molecule has 3 rings (SSSR count). The van der Waals surface area contributed by atoms with E-state index in [9.17, 15) is 13.2 Å². The minimum atomic E-state index is -3.41. The van der Waals surface area contributed by atoms with Crippen LogP contribution in [0.25, 0.3) is 0 Å². The van der Waals surface area contributed by atoms with Gasteiger partial charge in [-0.2, -0.15) is 4.31 Å². The first-order valence-electron chi connectivity index (χ1n) is 10.0. The summed E-state index contributed by atoms with van der Waals surface area (Å²) < 4.78 is 28.0. The van der Waals surface area contributed by atoms with Gasteiger partial charge in [0.15, 0.2) is 0 Å². The fraction of sp³-hybridized carbons (Fsp3) is 0.409. The molecule has 0 aliphatic carbocycles. The minimum Gasteiger partial charge on any atom is -0.350 e. The van der Waals surface area contributed by atoms with Crippen LogP contribution >= 0.6 is 15.9 Å². The lowest BCUT2D eigenvalue weighted by Gasteiger charge is -2.25. The van der Waals surface area contributed by atoms with Gasteiger partial charge in [-0.05, 0) is 61.6 Å². The fourth-order valence-electron chi connectivity index (χ4n) is 3.51. The third kappa shape index (κ3) is 5.90. The lowest BCUT2D eigenvalue weighted by atomic mass is 10.1. The number of hydrogen-bond acceptors (Lipinski definition) is 3. The van der Waals surface area contributed by atoms with Crippen molar-refractivity contribution in [1.82, 2.24) is 9.62 Å². The van der Waals surface area contributed by atoms with E-state index in [0.717, 1.165) is 34.9 Å². The Morgan fingerprint density at radius 3 is 2.45 bits per heavy atom. The Hall–Kier alpha value is -1.70. The van der Waals surface area contributed by atoms with Crippen molar-refractivity contribution in [1.29, 1.82) is 0 Å². The van der Waals surface area contributed by atoms with Crippen LogP contribution in [-0.2, 0) is 21.2 Å². The Bertz CT molecular complexity index is 939. The van der Waals surface area contributed by atoms with Crippen LogP contribution in [0.15, 0.2) is 57.9 Å². The third-order valence-electron chi connectivity index (χ3n) is 5.24. The second-order valence-electron chi connectivity index (χ2n) is 7.45. The lowest BCUT2D eigenvalue weighted by molar-refractivity contribution is -0.121. The van der Waals surface area contributed by atoms with Crippen LogP contribution in [-0.4, -0.2) is 31.7 Å². The monoisotopic (exact) mass is 478 g/mol. The molecule has 0 spiro atoms. The van der Waals surface area contributed by atoms with Gasteiger partial charge < -0.3 is 5.32 Å². The molecule has 1 fully saturated rings. The van der Waals surface area contributed by atoms with Crippen LogP contribution in [0.3, 0.4) is 0 Å². The Kier molecular flexibility index (Phi) is 7.49. The lowest BCUT2D eigenvalue weighted by Crippen LogP contribution is -2.35. The average molecular weight is 479 g/mol. The summed E-state index contributed by atoms with van der Waals surface area (Å²) in [7, 11) is -3.41.